The molecule has 0 saturated carbocycles. The Kier molecular flexibility index (Phi) is 7.45. The van der Waals surface area contributed by atoms with Gasteiger partial charge in [-0.2, -0.15) is 0 Å². The van der Waals surface area contributed by atoms with Crippen LogP contribution in [0.1, 0.15) is 31.4 Å². The van der Waals surface area contributed by atoms with E-state index >= 15 is 0 Å². The van der Waals surface area contributed by atoms with E-state index in [0.29, 0.717) is 31.0 Å². The minimum absolute atomic E-state index is 0.330. The molecule has 2 rings (SSSR count). The standard InChI is InChI=1S/C21H28N2O4S/c1-5-20(21(24)22-15-17-9-7-8-16(3)14-17)23(28(4,25)26)18-10-12-19(13-11-18)27-6-2/h7-14,20H,5-6,15H2,1-4H3,(H,22,24)/t20-/m0/s1. The highest BCUT2D eigenvalue weighted by atomic mass is 32.2. The molecule has 0 bridgehead atoms. The second kappa shape index (κ2) is 9.59. The summed E-state index contributed by atoms with van der Waals surface area (Å²) in [6, 6.07) is 13.7. The minimum Gasteiger partial charge on any atom is -0.494 e. The summed E-state index contributed by atoms with van der Waals surface area (Å²) in [5, 5.41) is 2.86. The largest absolute Gasteiger partial charge is 0.494 e. The summed E-state index contributed by atoms with van der Waals surface area (Å²) in [5.41, 5.74) is 2.50. The zero-order valence-corrected chi connectivity index (χ0v) is 17.6. The Morgan fingerprint density at radius 3 is 2.36 bits per heavy atom. The molecular weight excluding hydrogens is 376 g/mol. The molecule has 7 heteroatoms. The van der Waals surface area contributed by atoms with Crippen molar-refractivity contribution in [2.24, 2.45) is 0 Å². The van der Waals surface area contributed by atoms with Crippen LogP contribution in [0, 0.1) is 6.92 Å². The summed E-state index contributed by atoms with van der Waals surface area (Å²) in [6.45, 7) is 6.52. The van der Waals surface area contributed by atoms with Crippen molar-refractivity contribution in [2.75, 3.05) is 17.2 Å². The van der Waals surface area contributed by atoms with Crippen LogP contribution in [-0.2, 0) is 21.4 Å². The van der Waals surface area contributed by atoms with Gasteiger partial charge in [-0.15, -0.1) is 0 Å². The lowest BCUT2D eigenvalue weighted by atomic mass is 10.1. The van der Waals surface area contributed by atoms with E-state index in [1.54, 1.807) is 31.2 Å². The normalized spacial score (nSPS) is 12.3. The summed E-state index contributed by atoms with van der Waals surface area (Å²) < 4.78 is 31.5. The number of ether oxygens (including phenoxy) is 1. The van der Waals surface area contributed by atoms with Crippen LogP contribution in [0.3, 0.4) is 0 Å². The molecule has 0 aliphatic rings. The van der Waals surface area contributed by atoms with Gasteiger partial charge in [0.25, 0.3) is 0 Å². The summed E-state index contributed by atoms with van der Waals surface area (Å²) in [4.78, 5) is 12.8. The number of sulfonamides is 1. The number of hydrogen-bond acceptors (Lipinski definition) is 4. The van der Waals surface area contributed by atoms with Crippen molar-refractivity contribution in [1.29, 1.82) is 0 Å². The third kappa shape index (κ3) is 5.73. The zero-order valence-electron chi connectivity index (χ0n) is 16.8. The second-order valence-electron chi connectivity index (χ2n) is 6.62. The molecule has 6 nitrogen and oxygen atoms in total. The number of carbonyl (C=O) groups excluding carboxylic acids is 1. The van der Waals surface area contributed by atoms with E-state index in [4.69, 9.17) is 4.74 Å². The van der Waals surface area contributed by atoms with Crippen molar-refractivity contribution >= 4 is 21.6 Å². The Balaban J connectivity index is 2.23. The summed E-state index contributed by atoms with van der Waals surface area (Å²) in [7, 11) is -3.66. The number of benzene rings is 2. The third-order valence-electron chi connectivity index (χ3n) is 4.28. The number of anilines is 1. The first-order valence-corrected chi connectivity index (χ1v) is 11.2. The molecule has 2 aromatic rings. The highest BCUT2D eigenvalue weighted by Crippen LogP contribution is 2.25. The first-order valence-electron chi connectivity index (χ1n) is 9.31. The van der Waals surface area contributed by atoms with Crippen LogP contribution in [0.15, 0.2) is 48.5 Å². The highest BCUT2D eigenvalue weighted by molar-refractivity contribution is 7.92. The topological polar surface area (TPSA) is 75.7 Å². The van der Waals surface area contributed by atoms with Crippen molar-refractivity contribution in [3.8, 4) is 5.75 Å². The number of rotatable bonds is 9. The number of aryl methyl sites for hydroxylation is 1. The summed E-state index contributed by atoms with van der Waals surface area (Å²) in [5.74, 6) is 0.319. The van der Waals surface area contributed by atoms with E-state index < -0.39 is 16.1 Å². The van der Waals surface area contributed by atoms with E-state index in [1.807, 2.05) is 38.1 Å². The fourth-order valence-corrected chi connectivity index (χ4v) is 4.26. The van der Waals surface area contributed by atoms with Crippen LogP contribution >= 0.6 is 0 Å². The molecule has 28 heavy (non-hydrogen) atoms. The molecule has 0 saturated heterocycles. The quantitative estimate of drug-likeness (QED) is 0.696. The Hall–Kier alpha value is -2.54. The number of hydrogen-bond donors (Lipinski definition) is 1. The van der Waals surface area contributed by atoms with Crippen LogP contribution < -0.4 is 14.4 Å². The van der Waals surface area contributed by atoms with Gasteiger partial charge < -0.3 is 10.1 Å². The van der Waals surface area contributed by atoms with E-state index in [9.17, 15) is 13.2 Å². The molecule has 0 aliphatic heterocycles. The smallest absolute Gasteiger partial charge is 0.244 e. The molecule has 1 amide bonds. The van der Waals surface area contributed by atoms with Crippen molar-refractivity contribution in [3.05, 3.63) is 59.7 Å². The molecule has 0 radical (unpaired) electrons. The summed E-state index contributed by atoms with van der Waals surface area (Å²) >= 11 is 0. The van der Waals surface area contributed by atoms with Crippen LogP contribution in [-0.4, -0.2) is 33.2 Å². The Labute approximate surface area is 167 Å². The monoisotopic (exact) mass is 404 g/mol. The average Bonchev–Trinajstić information content (AvgIpc) is 2.64. The van der Waals surface area contributed by atoms with Gasteiger partial charge in [0.05, 0.1) is 18.6 Å². The number of amides is 1. The maximum atomic E-state index is 12.8. The van der Waals surface area contributed by atoms with Gasteiger partial charge in [0, 0.05) is 6.54 Å². The SMILES string of the molecule is CCOc1ccc(N([C@@H](CC)C(=O)NCc2cccc(C)c2)S(C)(=O)=O)cc1. The first-order chi connectivity index (χ1) is 13.3. The molecule has 0 spiro atoms. The predicted molar refractivity (Wildman–Crippen MR) is 112 cm³/mol. The van der Waals surface area contributed by atoms with Gasteiger partial charge in [0.1, 0.15) is 11.8 Å². The van der Waals surface area contributed by atoms with Crippen LogP contribution in [0.25, 0.3) is 0 Å². The fourth-order valence-electron chi connectivity index (χ4n) is 3.05. The number of nitrogens with one attached hydrogen (secondary N) is 1. The fraction of sp³-hybridized carbons (Fsp3) is 0.381. The maximum Gasteiger partial charge on any atom is 0.244 e. The van der Waals surface area contributed by atoms with Crippen molar-refractivity contribution in [1.82, 2.24) is 5.32 Å². The Morgan fingerprint density at radius 2 is 1.82 bits per heavy atom. The molecule has 152 valence electrons. The number of nitrogens with zero attached hydrogens (tertiary/aromatic N) is 1. The molecular formula is C21H28N2O4S. The van der Waals surface area contributed by atoms with Crippen LogP contribution in [0.5, 0.6) is 5.75 Å². The van der Waals surface area contributed by atoms with Gasteiger partial charge in [0.2, 0.25) is 15.9 Å². The van der Waals surface area contributed by atoms with Gasteiger partial charge >= 0.3 is 0 Å². The predicted octanol–water partition coefficient (Wildman–Crippen LogP) is 3.25. The molecule has 0 unspecified atom stereocenters. The van der Waals surface area contributed by atoms with Gasteiger partial charge in [0.15, 0.2) is 0 Å². The zero-order chi connectivity index (χ0) is 20.7. The first kappa shape index (κ1) is 21.8. The lowest BCUT2D eigenvalue weighted by Crippen LogP contribution is -2.49. The molecule has 0 heterocycles. The summed E-state index contributed by atoms with van der Waals surface area (Å²) in [6.07, 6.45) is 1.46. The van der Waals surface area contributed by atoms with E-state index in [1.165, 1.54) is 4.31 Å². The minimum atomic E-state index is -3.66. The molecule has 2 aromatic carbocycles. The van der Waals surface area contributed by atoms with E-state index in [2.05, 4.69) is 5.32 Å². The maximum absolute atomic E-state index is 12.8. The van der Waals surface area contributed by atoms with Crippen LogP contribution in [0.2, 0.25) is 0 Å². The molecule has 0 fully saturated rings. The Bertz CT molecular complexity index is 895. The van der Waals surface area contributed by atoms with Crippen LogP contribution in [0.4, 0.5) is 5.69 Å². The van der Waals surface area contributed by atoms with Gasteiger partial charge in [-0.3, -0.25) is 9.10 Å². The van der Waals surface area contributed by atoms with Gasteiger partial charge in [-0.25, -0.2) is 8.42 Å². The lowest BCUT2D eigenvalue weighted by molar-refractivity contribution is -0.122. The highest BCUT2D eigenvalue weighted by Gasteiger charge is 2.31. The third-order valence-corrected chi connectivity index (χ3v) is 5.46. The van der Waals surface area contributed by atoms with Gasteiger partial charge in [-0.1, -0.05) is 36.8 Å². The molecule has 0 aromatic heterocycles. The average molecular weight is 405 g/mol. The lowest BCUT2D eigenvalue weighted by Gasteiger charge is -2.30. The van der Waals surface area contributed by atoms with Crippen molar-refractivity contribution < 1.29 is 17.9 Å². The number of carbonyl (C=O) groups is 1. The molecule has 1 atom stereocenters. The van der Waals surface area contributed by atoms with Crippen molar-refractivity contribution in [2.45, 2.75) is 39.8 Å². The van der Waals surface area contributed by atoms with E-state index in [0.717, 1.165) is 17.4 Å². The van der Waals surface area contributed by atoms with E-state index in [-0.39, 0.29) is 5.91 Å². The molecule has 1 N–H and O–H groups in total. The van der Waals surface area contributed by atoms with Gasteiger partial charge in [-0.05, 0) is 50.1 Å². The van der Waals surface area contributed by atoms with Crippen molar-refractivity contribution in [3.63, 3.8) is 0 Å². The second-order valence-corrected chi connectivity index (χ2v) is 8.48. The Morgan fingerprint density at radius 1 is 1.14 bits per heavy atom. The molecule has 0 aliphatic carbocycles.